The molecule has 0 amide bonds. The van der Waals surface area contributed by atoms with E-state index in [0.717, 1.165) is 50.7 Å². The molecule has 2 fully saturated rings. The number of rotatable bonds is 2. The van der Waals surface area contributed by atoms with Gasteiger partial charge in [-0.05, 0) is 38.8 Å². The zero-order chi connectivity index (χ0) is 11.5. The summed E-state index contributed by atoms with van der Waals surface area (Å²) in [6, 6.07) is 0. The van der Waals surface area contributed by atoms with Crippen LogP contribution in [0.25, 0.3) is 0 Å². The highest BCUT2D eigenvalue weighted by Gasteiger charge is 2.24. The maximum Gasteiger partial charge on any atom is 0.197 e. The largest absolute Gasteiger partial charge is 0.448 e. The fourth-order valence-electron chi connectivity index (χ4n) is 2.74. The first-order valence-electron chi connectivity index (χ1n) is 6.67. The van der Waals surface area contributed by atoms with Gasteiger partial charge in [-0.15, -0.1) is 0 Å². The van der Waals surface area contributed by atoms with Crippen molar-refractivity contribution < 1.29 is 9.15 Å². The van der Waals surface area contributed by atoms with Crippen LogP contribution in [-0.4, -0.2) is 31.3 Å². The van der Waals surface area contributed by atoms with E-state index in [2.05, 4.69) is 5.32 Å². The molecule has 1 N–H and O–H groups in total. The summed E-state index contributed by atoms with van der Waals surface area (Å²) in [5.74, 6) is 2.00. The Morgan fingerprint density at radius 3 is 2.59 bits per heavy atom. The quantitative estimate of drug-likeness (QED) is 0.853. The van der Waals surface area contributed by atoms with Gasteiger partial charge in [0.05, 0.1) is 5.69 Å². The molecule has 4 nitrogen and oxygen atoms in total. The molecule has 4 heteroatoms. The minimum absolute atomic E-state index is 0.471. The van der Waals surface area contributed by atoms with Crippen molar-refractivity contribution in [2.24, 2.45) is 0 Å². The highest BCUT2D eigenvalue weighted by atomic mass is 16.5. The van der Waals surface area contributed by atoms with E-state index in [1.165, 1.54) is 12.8 Å². The lowest BCUT2D eigenvalue weighted by Crippen LogP contribution is -2.26. The van der Waals surface area contributed by atoms with Gasteiger partial charge in [0.1, 0.15) is 6.26 Å². The molecule has 2 aliphatic rings. The minimum Gasteiger partial charge on any atom is -0.448 e. The van der Waals surface area contributed by atoms with Gasteiger partial charge in [-0.25, -0.2) is 4.98 Å². The Bertz CT molecular complexity index is 320. The fraction of sp³-hybridized carbons (Fsp3) is 0.769. The van der Waals surface area contributed by atoms with Crippen LogP contribution in [-0.2, 0) is 4.74 Å². The Kier molecular flexibility index (Phi) is 3.43. The van der Waals surface area contributed by atoms with Crippen molar-refractivity contribution in [2.75, 3.05) is 26.3 Å². The molecular weight excluding hydrogens is 216 g/mol. The summed E-state index contributed by atoms with van der Waals surface area (Å²) in [6.45, 7) is 3.89. The normalized spacial score (nSPS) is 24.0. The van der Waals surface area contributed by atoms with E-state index in [4.69, 9.17) is 14.1 Å². The van der Waals surface area contributed by atoms with E-state index in [9.17, 15) is 0 Å². The summed E-state index contributed by atoms with van der Waals surface area (Å²) in [7, 11) is 0. The van der Waals surface area contributed by atoms with Crippen LogP contribution in [0.15, 0.2) is 10.7 Å². The van der Waals surface area contributed by atoms with Crippen molar-refractivity contribution in [1.29, 1.82) is 0 Å². The van der Waals surface area contributed by atoms with Crippen molar-refractivity contribution in [2.45, 2.75) is 37.5 Å². The topological polar surface area (TPSA) is 47.3 Å². The Hall–Kier alpha value is -0.870. The molecule has 3 rings (SSSR count). The van der Waals surface area contributed by atoms with Gasteiger partial charge in [-0.1, -0.05) is 0 Å². The van der Waals surface area contributed by atoms with E-state index in [0.29, 0.717) is 11.8 Å². The van der Waals surface area contributed by atoms with E-state index < -0.39 is 0 Å². The van der Waals surface area contributed by atoms with E-state index in [-0.39, 0.29) is 0 Å². The standard InChI is InChI=1S/C13H20N2O2/c1-5-14-6-2-10(1)12-9-17-13(15-12)11-3-7-16-8-4-11/h9-11,14H,1-8H2. The predicted molar refractivity (Wildman–Crippen MR) is 64.1 cm³/mol. The molecule has 0 atom stereocenters. The fourth-order valence-corrected chi connectivity index (χ4v) is 2.74. The van der Waals surface area contributed by atoms with Crippen LogP contribution < -0.4 is 5.32 Å². The molecule has 2 saturated heterocycles. The molecule has 0 unspecified atom stereocenters. The summed E-state index contributed by atoms with van der Waals surface area (Å²) in [5.41, 5.74) is 1.16. The van der Waals surface area contributed by atoms with Crippen LogP contribution in [0.2, 0.25) is 0 Å². The van der Waals surface area contributed by atoms with Crippen molar-refractivity contribution >= 4 is 0 Å². The molecule has 94 valence electrons. The molecule has 0 aromatic carbocycles. The van der Waals surface area contributed by atoms with E-state index in [1.54, 1.807) is 0 Å². The lowest BCUT2D eigenvalue weighted by molar-refractivity contribution is 0.0794. The van der Waals surface area contributed by atoms with Crippen molar-refractivity contribution in [3.8, 4) is 0 Å². The van der Waals surface area contributed by atoms with Crippen LogP contribution in [0.5, 0.6) is 0 Å². The number of aromatic nitrogens is 1. The van der Waals surface area contributed by atoms with Crippen LogP contribution in [0.3, 0.4) is 0 Å². The van der Waals surface area contributed by atoms with Crippen LogP contribution in [0, 0.1) is 0 Å². The zero-order valence-corrected chi connectivity index (χ0v) is 10.2. The SMILES string of the molecule is c1oc(C2CCOCC2)nc1C1CCNCC1. The third-order valence-electron chi connectivity index (χ3n) is 3.87. The average molecular weight is 236 g/mol. The smallest absolute Gasteiger partial charge is 0.197 e. The monoisotopic (exact) mass is 236 g/mol. The molecule has 0 spiro atoms. The molecule has 2 aliphatic heterocycles. The number of ether oxygens (including phenoxy) is 1. The molecular formula is C13H20N2O2. The molecule has 1 aromatic rings. The Morgan fingerprint density at radius 2 is 1.82 bits per heavy atom. The van der Waals surface area contributed by atoms with Crippen LogP contribution in [0.4, 0.5) is 0 Å². The highest BCUT2D eigenvalue weighted by Crippen LogP contribution is 2.30. The van der Waals surface area contributed by atoms with Gasteiger partial charge in [-0.3, -0.25) is 0 Å². The third kappa shape index (κ3) is 2.53. The maximum atomic E-state index is 5.67. The molecule has 3 heterocycles. The van der Waals surface area contributed by atoms with Gasteiger partial charge in [0.25, 0.3) is 0 Å². The third-order valence-corrected chi connectivity index (χ3v) is 3.87. The van der Waals surface area contributed by atoms with E-state index in [1.807, 2.05) is 6.26 Å². The Balaban J connectivity index is 1.68. The number of nitrogens with zero attached hydrogens (tertiary/aromatic N) is 1. The van der Waals surface area contributed by atoms with Crippen molar-refractivity contribution in [1.82, 2.24) is 10.3 Å². The zero-order valence-electron chi connectivity index (χ0n) is 10.2. The van der Waals surface area contributed by atoms with E-state index >= 15 is 0 Å². The molecule has 0 radical (unpaired) electrons. The highest BCUT2D eigenvalue weighted by molar-refractivity contribution is 5.08. The maximum absolute atomic E-state index is 5.67. The summed E-state index contributed by atoms with van der Waals surface area (Å²) < 4.78 is 11.0. The number of hydrogen-bond acceptors (Lipinski definition) is 4. The number of piperidine rings is 1. The molecule has 1 aromatic heterocycles. The van der Waals surface area contributed by atoms with Crippen molar-refractivity contribution in [3.63, 3.8) is 0 Å². The van der Waals surface area contributed by atoms with Crippen LogP contribution >= 0.6 is 0 Å². The minimum atomic E-state index is 0.471. The van der Waals surface area contributed by atoms with Gasteiger partial charge in [0.2, 0.25) is 0 Å². The second-order valence-corrected chi connectivity index (χ2v) is 5.02. The summed E-state index contributed by atoms with van der Waals surface area (Å²) in [5, 5.41) is 3.38. The lowest BCUT2D eigenvalue weighted by atomic mass is 9.95. The second kappa shape index (κ2) is 5.19. The van der Waals surface area contributed by atoms with Crippen molar-refractivity contribution in [3.05, 3.63) is 17.8 Å². The second-order valence-electron chi connectivity index (χ2n) is 5.02. The number of hydrogen-bond donors (Lipinski definition) is 1. The van der Waals surface area contributed by atoms with Crippen LogP contribution in [0.1, 0.15) is 49.1 Å². The summed E-state index contributed by atoms with van der Waals surface area (Å²) in [6.07, 6.45) is 6.33. The lowest BCUT2D eigenvalue weighted by Gasteiger charge is -2.20. The first-order chi connectivity index (χ1) is 8.43. The summed E-state index contributed by atoms with van der Waals surface area (Å²) >= 11 is 0. The van der Waals surface area contributed by atoms with Gasteiger partial charge >= 0.3 is 0 Å². The molecule has 0 aliphatic carbocycles. The van der Waals surface area contributed by atoms with Gasteiger partial charge in [0.15, 0.2) is 5.89 Å². The number of oxazole rings is 1. The number of nitrogens with one attached hydrogen (secondary N) is 1. The predicted octanol–water partition coefficient (Wildman–Crippen LogP) is 2.04. The Labute approximate surface area is 102 Å². The Morgan fingerprint density at radius 1 is 1.06 bits per heavy atom. The molecule has 0 saturated carbocycles. The molecule has 0 bridgehead atoms. The average Bonchev–Trinajstić information content (AvgIpc) is 2.90. The van der Waals surface area contributed by atoms with Gasteiger partial charge in [-0.2, -0.15) is 0 Å². The molecule has 17 heavy (non-hydrogen) atoms. The van der Waals surface area contributed by atoms with Gasteiger partial charge in [0, 0.05) is 25.0 Å². The first kappa shape index (κ1) is 11.2. The summed E-state index contributed by atoms with van der Waals surface area (Å²) in [4.78, 5) is 4.71. The van der Waals surface area contributed by atoms with Gasteiger partial charge < -0.3 is 14.5 Å². The first-order valence-corrected chi connectivity index (χ1v) is 6.67.